The lowest BCUT2D eigenvalue weighted by atomic mass is 10.1. The summed E-state index contributed by atoms with van der Waals surface area (Å²) in [4.78, 5) is 25.0. The molecule has 0 aromatic carbocycles. The van der Waals surface area contributed by atoms with Crippen LogP contribution in [0.5, 0.6) is 0 Å². The van der Waals surface area contributed by atoms with E-state index in [0.717, 1.165) is 12.0 Å². The molecule has 3 nitrogen and oxygen atoms in total. The van der Waals surface area contributed by atoms with Gasteiger partial charge in [-0.3, -0.25) is 9.59 Å². The Bertz CT molecular complexity index is 447. The maximum atomic E-state index is 12.2. The Hall–Kier alpha value is -1.35. The van der Waals surface area contributed by atoms with Gasteiger partial charge in [-0.2, -0.15) is 0 Å². The van der Waals surface area contributed by atoms with Crippen molar-refractivity contribution in [2.24, 2.45) is 0 Å². The van der Waals surface area contributed by atoms with Gasteiger partial charge >= 0.3 is 0 Å². The molecule has 0 unspecified atom stereocenters. The van der Waals surface area contributed by atoms with E-state index in [2.05, 4.69) is 0 Å². The summed E-state index contributed by atoms with van der Waals surface area (Å²) >= 11 is 6.24. The van der Waals surface area contributed by atoms with Gasteiger partial charge in [0.05, 0.1) is 10.6 Å². The van der Waals surface area contributed by atoms with Crippen molar-refractivity contribution in [3.8, 4) is 0 Å². The number of hydrogen-bond acceptors (Lipinski definition) is 2. The zero-order valence-corrected chi connectivity index (χ0v) is 13.8. The van der Waals surface area contributed by atoms with E-state index in [1.54, 1.807) is 31.0 Å². The van der Waals surface area contributed by atoms with Crippen molar-refractivity contribution in [3.63, 3.8) is 0 Å². The molecule has 0 saturated carbocycles. The van der Waals surface area contributed by atoms with E-state index in [-0.39, 0.29) is 11.7 Å². The molecule has 0 bridgehead atoms. The molecule has 0 rings (SSSR count). The van der Waals surface area contributed by atoms with E-state index in [0.29, 0.717) is 23.6 Å². The molecule has 0 aliphatic heterocycles. The van der Waals surface area contributed by atoms with Crippen LogP contribution < -0.4 is 0 Å². The van der Waals surface area contributed by atoms with Crippen molar-refractivity contribution in [3.05, 3.63) is 34.4 Å². The molecule has 0 aromatic rings. The average molecular weight is 298 g/mol. The number of carbonyl (C=O) groups is 2. The van der Waals surface area contributed by atoms with Gasteiger partial charge in [-0.15, -0.1) is 0 Å². The molecule has 4 heteroatoms. The number of rotatable bonds is 7. The number of hydrogen-bond donors (Lipinski definition) is 0. The molecular weight excluding hydrogens is 274 g/mol. The van der Waals surface area contributed by atoms with Crippen molar-refractivity contribution in [1.82, 2.24) is 4.90 Å². The summed E-state index contributed by atoms with van der Waals surface area (Å²) in [7, 11) is 1.76. The quantitative estimate of drug-likeness (QED) is 0.529. The summed E-state index contributed by atoms with van der Waals surface area (Å²) in [5.41, 5.74) is 1.28. The van der Waals surface area contributed by atoms with Crippen LogP contribution in [0.4, 0.5) is 0 Å². The summed E-state index contributed by atoms with van der Waals surface area (Å²) in [5.74, 6) is -0.0378. The van der Waals surface area contributed by atoms with E-state index >= 15 is 0 Å². The van der Waals surface area contributed by atoms with E-state index in [4.69, 9.17) is 11.6 Å². The number of carbonyl (C=O) groups excluding carboxylic acids is 2. The normalized spacial score (nSPS) is 13.4. The number of amides is 1. The smallest absolute Gasteiger partial charge is 0.254 e. The Balaban J connectivity index is 5.17. The van der Waals surface area contributed by atoms with Crippen LogP contribution in [0.15, 0.2) is 34.4 Å². The van der Waals surface area contributed by atoms with E-state index in [1.807, 2.05) is 19.9 Å². The van der Waals surface area contributed by atoms with Gasteiger partial charge < -0.3 is 4.90 Å². The van der Waals surface area contributed by atoms with Crippen LogP contribution in [0.1, 0.15) is 40.5 Å². The second-order valence-corrected chi connectivity index (χ2v) is 5.07. The third-order valence-electron chi connectivity index (χ3n) is 2.82. The monoisotopic (exact) mass is 297 g/mol. The third-order valence-corrected chi connectivity index (χ3v) is 3.13. The maximum absolute atomic E-state index is 12.2. The van der Waals surface area contributed by atoms with Crippen molar-refractivity contribution in [2.75, 3.05) is 13.6 Å². The molecule has 20 heavy (non-hydrogen) atoms. The van der Waals surface area contributed by atoms with Crippen LogP contribution in [0.2, 0.25) is 0 Å². The molecule has 0 heterocycles. The molecule has 0 aromatic heterocycles. The molecule has 112 valence electrons. The summed E-state index contributed by atoms with van der Waals surface area (Å²) in [5, 5.41) is 0.370. The lowest BCUT2D eigenvalue weighted by Gasteiger charge is -2.18. The number of halogens is 1. The van der Waals surface area contributed by atoms with Gasteiger partial charge in [-0.1, -0.05) is 30.7 Å². The topological polar surface area (TPSA) is 37.4 Å². The fraction of sp³-hybridized carbons (Fsp3) is 0.500. The average Bonchev–Trinajstić information content (AvgIpc) is 2.38. The first-order chi connectivity index (χ1) is 9.37. The summed E-state index contributed by atoms with van der Waals surface area (Å²) in [6.07, 6.45) is 6.44. The van der Waals surface area contributed by atoms with Crippen LogP contribution >= 0.6 is 11.6 Å². The lowest BCUT2D eigenvalue weighted by Crippen LogP contribution is -2.28. The number of Topliss-reactive ketones (excluding diaryl/α,β-unsaturated/α-hetero) is 1. The molecular formula is C16H24ClNO2. The van der Waals surface area contributed by atoms with Gasteiger partial charge in [-0.05, 0) is 38.8 Å². The van der Waals surface area contributed by atoms with Gasteiger partial charge in [0.15, 0.2) is 0 Å². The summed E-state index contributed by atoms with van der Waals surface area (Å²) in [6, 6.07) is 0. The first kappa shape index (κ1) is 18.7. The lowest BCUT2D eigenvalue weighted by molar-refractivity contribution is -0.125. The fourth-order valence-electron chi connectivity index (χ4n) is 1.77. The largest absolute Gasteiger partial charge is 0.342 e. The minimum Gasteiger partial charge on any atom is -0.342 e. The zero-order valence-electron chi connectivity index (χ0n) is 13.0. The zero-order chi connectivity index (χ0) is 15.7. The summed E-state index contributed by atoms with van der Waals surface area (Å²) < 4.78 is 0. The minimum atomic E-state index is -0.103. The third kappa shape index (κ3) is 6.20. The first-order valence-electron chi connectivity index (χ1n) is 6.81. The van der Waals surface area contributed by atoms with Crippen LogP contribution in [0.3, 0.4) is 0 Å². The van der Waals surface area contributed by atoms with Crippen LogP contribution in [0.25, 0.3) is 0 Å². The van der Waals surface area contributed by atoms with Crippen molar-refractivity contribution in [1.29, 1.82) is 0 Å². The van der Waals surface area contributed by atoms with Gasteiger partial charge in [0.1, 0.15) is 5.78 Å². The highest BCUT2D eigenvalue weighted by Crippen LogP contribution is 2.20. The molecule has 0 saturated heterocycles. The molecule has 0 N–H and O–H groups in total. The number of ketones is 1. The SMILES string of the molecule is C\C=C(/C=C(Cl)\C(=C/C)C(=O)N(C)CCC)CC(C)=O. The Morgan fingerprint density at radius 2 is 1.80 bits per heavy atom. The molecule has 0 aliphatic carbocycles. The van der Waals surface area contributed by atoms with Crippen LogP contribution in [0, 0.1) is 0 Å². The maximum Gasteiger partial charge on any atom is 0.254 e. The number of likely N-dealkylation sites (N-methyl/N-ethyl adjacent to an activating group) is 1. The molecule has 0 spiro atoms. The molecule has 0 radical (unpaired) electrons. The minimum absolute atomic E-state index is 0.0651. The van der Waals surface area contributed by atoms with Crippen molar-refractivity contribution >= 4 is 23.3 Å². The highest BCUT2D eigenvalue weighted by atomic mass is 35.5. The molecule has 0 aliphatic rings. The Morgan fingerprint density at radius 1 is 1.20 bits per heavy atom. The van der Waals surface area contributed by atoms with Crippen molar-refractivity contribution < 1.29 is 9.59 Å². The standard InChI is InChI=1S/C16H24ClNO2/c1-6-9-18(5)16(20)14(8-3)15(17)11-13(7-2)10-12(4)19/h7-8,11H,6,9-10H2,1-5H3/b13-7-,14-8+,15-11+. The molecule has 0 fully saturated rings. The first-order valence-corrected chi connectivity index (χ1v) is 7.19. The summed E-state index contributed by atoms with van der Waals surface area (Å²) in [6.45, 7) is 7.86. The van der Waals surface area contributed by atoms with E-state index < -0.39 is 0 Å². The van der Waals surface area contributed by atoms with Gasteiger partial charge in [0, 0.05) is 20.0 Å². The predicted octanol–water partition coefficient (Wildman–Crippen LogP) is 3.85. The van der Waals surface area contributed by atoms with Crippen LogP contribution in [-0.2, 0) is 9.59 Å². The Morgan fingerprint density at radius 3 is 2.20 bits per heavy atom. The van der Waals surface area contributed by atoms with Gasteiger partial charge in [-0.25, -0.2) is 0 Å². The second kappa shape index (κ2) is 9.54. The van der Waals surface area contributed by atoms with Gasteiger partial charge in [0.2, 0.25) is 0 Å². The van der Waals surface area contributed by atoms with Crippen LogP contribution in [-0.4, -0.2) is 30.2 Å². The Labute approximate surface area is 127 Å². The van der Waals surface area contributed by atoms with E-state index in [9.17, 15) is 9.59 Å². The predicted molar refractivity (Wildman–Crippen MR) is 84.7 cm³/mol. The molecule has 1 amide bonds. The fourth-order valence-corrected chi connectivity index (χ4v) is 2.10. The number of allylic oxidation sites excluding steroid dienone is 4. The van der Waals surface area contributed by atoms with Crippen molar-refractivity contribution in [2.45, 2.75) is 40.5 Å². The van der Waals surface area contributed by atoms with E-state index in [1.165, 1.54) is 6.92 Å². The Kier molecular flexibility index (Phi) is 8.89. The second-order valence-electron chi connectivity index (χ2n) is 4.66. The van der Waals surface area contributed by atoms with Gasteiger partial charge in [0.25, 0.3) is 5.91 Å². The highest BCUT2D eigenvalue weighted by molar-refractivity contribution is 6.35. The number of nitrogens with zero attached hydrogens (tertiary/aromatic N) is 1. The molecule has 0 atom stereocenters. The highest BCUT2D eigenvalue weighted by Gasteiger charge is 2.16.